The van der Waals surface area contributed by atoms with Gasteiger partial charge in [-0.2, -0.15) is 0 Å². The molecule has 1 fully saturated rings. The number of aliphatic imine (C=N–C) groups is 1. The molecule has 3 atom stereocenters. The lowest BCUT2D eigenvalue weighted by Gasteiger charge is -2.43. The zero-order valence-electron chi connectivity index (χ0n) is 17.2. The maximum atomic E-state index is 12.4. The summed E-state index contributed by atoms with van der Waals surface area (Å²) >= 11 is 6.05. The molecule has 0 radical (unpaired) electrons. The molecule has 5 N–H and O–H groups in total. The number of carbonyl (C=O) groups excluding carboxylic acids is 1. The first-order valence-electron chi connectivity index (χ1n) is 10.2. The number of primary sulfonamides is 1. The Kier molecular flexibility index (Phi) is 6.42. The number of hydrogen-bond acceptors (Lipinski definition) is 8. The highest BCUT2D eigenvalue weighted by molar-refractivity contribution is 7.89. The number of anilines is 1. The number of halogens is 1. The Labute approximate surface area is 191 Å². The molecule has 2 aliphatic rings. The average Bonchev–Trinajstić information content (AvgIpc) is 3.26. The van der Waals surface area contributed by atoms with Crippen molar-refractivity contribution in [2.75, 3.05) is 17.2 Å². The van der Waals surface area contributed by atoms with Crippen LogP contribution in [0.2, 0.25) is 5.02 Å². The first-order chi connectivity index (χ1) is 15.3. The number of amides is 1. The van der Waals surface area contributed by atoms with Gasteiger partial charge in [-0.25, -0.2) is 29.4 Å². The van der Waals surface area contributed by atoms with Crippen LogP contribution in [0.1, 0.15) is 30.0 Å². The molecule has 0 saturated carbocycles. The minimum absolute atomic E-state index is 0.286. The van der Waals surface area contributed by atoms with E-state index in [1.165, 1.54) is 6.33 Å². The highest BCUT2D eigenvalue weighted by Gasteiger charge is 2.40. The molecule has 2 aromatic rings. The summed E-state index contributed by atoms with van der Waals surface area (Å²) in [6, 6.07) is 6.57. The zero-order valence-corrected chi connectivity index (χ0v) is 18.8. The summed E-state index contributed by atoms with van der Waals surface area (Å²) in [7, 11) is -3.84. The van der Waals surface area contributed by atoms with E-state index in [1.54, 1.807) is 30.5 Å². The monoisotopic (exact) mass is 477 g/mol. The van der Waals surface area contributed by atoms with Crippen LogP contribution in [-0.4, -0.2) is 48.8 Å². The van der Waals surface area contributed by atoms with Crippen molar-refractivity contribution in [2.45, 2.75) is 31.2 Å². The van der Waals surface area contributed by atoms with E-state index in [1.807, 2.05) is 4.90 Å². The molecule has 2 aliphatic heterocycles. The van der Waals surface area contributed by atoms with Crippen LogP contribution in [0.5, 0.6) is 0 Å². The number of nitrogens with one attached hydrogen (secondary N) is 1. The predicted molar refractivity (Wildman–Crippen MR) is 122 cm³/mol. The molecule has 3 unspecified atom stereocenters. The van der Waals surface area contributed by atoms with Gasteiger partial charge in [0.15, 0.2) is 5.82 Å². The van der Waals surface area contributed by atoms with Gasteiger partial charge in [0.2, 0.25) is 15.9 Å². The summed E-state index contributed by atoms with van der Waals surface area (Å²) in [6.45, 7) is 0.469. The number of hydrazine groups is 1. The van der Waals surface area contributed by atoms with Gasteiger partial charge in [0.05, 0.1) is 11.4 Å². The Bertz CT molecular complexity index is 1140. The van der Waals surface area contributed by atoms with Crippen molar-refractivity contribution >= 4 is 45.3 Å². The second-order valence-electron chi connectivity index (χ2n) is 7.99. The maximum absolute atomic E-state index is 12.4. The molecule has 1 amide bonds. The number of carbonyl (C=O) groups is 1. The van der Waals surface area contributed by atoms with Crippen molar-refractivity contribution in [3.8, 4) is 0 Å². The summed E-state index contributed by atoms with van der Waals surface area (Å²) in [5.74, 6) is 4.51. The summed E-state index contributed by atoms with van der Waals surface area (Å²) in [6.07, 6.45) is 4.77. The van der Waals surface area contributed by atoms with Crippen LogP contribution in [-0.2, 0) is 21.2 Å². The summed E-state index contributed by atoms with van der Waals surface area (Å²) in [4.78, 5) is 27.6. The van der Waals surface area contributed by atoms with Crippen LogP contribution in [0, 0.1) is 5.92 Å². The lowest BCUT2D eigenvalue weighted by molar-refractivity contribution is -0.126. The number of fused-ring (bicyclic) bond motifs is 1. The van der Waals surface area contributed by atoms with E-state index < -0.39 is 22.0 Å². The van der Waals surface area contributed by atoms with Crippen molar-refractivity contribution < 1.29 is 13.2 Å². The normalized spacial score (nSPS) is 21.3. The SMILES string of the molecule is NNC(=O)C1CCN(c2ncnc3c2N=CC3)C(C(CS(N)(=O)=O)c2ccc(Cl)cc2)C1. The minimum atomic E-state index is -3.84. The fraction of sp³-hybridized carbons (Fsp3) is 0.400. The highest BCUT2D eigenvalue weighted by Crippen LogP contribution is 2.41. The number of nitrogens with two attached hydrogens (primary N) is 2. The first-order valence-corrected chi connectivity index (χ1v) is 12.3. The quantitative estimate of drug-likeness (QED) is 0.318. The number of sulfonamides is 1. The molecule has 0 bridgehead atoms. The second-order valence-corrected chi connectivity index (χ2v) is 10.1. The van der Waals surface area contributed by atoms with E-state index in [9.17, 15) is 13.2 Å². The molecule has 4 rings (SSSR count). The molecule has 1 aromatic heterocycles. The third-order valence-electron chi connectivity index (χ3n) is 5.99. The van der Waals surface area contributed by atoms with Crippen LogP contribution >= 0.6 is 11.6 Å². The second kappa shape index (κ2) is 9.10. The van der Waals surface area contributed by atoms with Gasteiger partial charge >= 0.3 is 0 Å². The van der Waals surface area contributed by atoms with Gasteiger partial charge in [-0.1, -0.05) is 23.7 Å². The van der Waals surface area contributed by atoms with E-state index in [4.69, 9.17) is 22.6 Å². The molecule has 3 heterocycles. The minimum Gasteiger partial charge on any atom is -0.351 e. The van der Waals surface area contributed by atoms with Gasteiger partial charge in [0.25, 0.3) is 0 Å². The van der Waals surface area contributed by atoms with Crippen LogP contribution in [0.3, 0.4) is 0 Å². The molecule has 0 spiro atoms. The van der Waals surface area contributed by atoms with Crippen LogP contribution in [0.25, 0.3) is 0 Å². The smallest absolute Gasteiger partial charge is 0.237 e. The number of benzene rings is 1. The third kappa shape index (κ3) is 4.75. The van der Waals surface area contributed by atoms with Gasteiger partial charge in [-0.05, 0) is 30.5 Å². The van der Waals surface area contributed by atoms with Crippen molar-refractivity contribution in [3.05, 3.63) is 46.9 Å². The molecule has 0 aliphatic carbocycles. The predicted octanol–water partition coefficient (Wildman–Crippen LogP) is 1.04. The standard InChI is InChI=1S/C20H24ClN7O3S/c21-14-3-1-12(2-4-14)15(10-32(23,30)31)17-9-13(20(29)27-22)6-8-28(17)19-18-16(5-7-24-18)25-11-26-19/h1-4,7,11,13,15,17H,5-6,8-10,22H2,(H,27,29)(H2,23,30,31). The molecule has 10 nitrogen and oxygen atoms in total. The number of piperidine rings is 1. The molecule has 170 valence electrons. The van der Waals surface area contributed by atoms with E-state index in [2.05, 4.69) is 20.4 Å². The topological polar surface area (TPSA) is 157 Å². The van der Waals surface area contributed by atoms with Crippen LogP contribution < -0.4 is 21.3 Å². The van der Waals surface area contributed by atoms with Gasteiger partial charge in [-0.15, -0.1) is 0 Å². The van der Waals surface area contributed by atoms with E-state index in [0.29, 0.717) is 42.3 Å². The van der Waals surface area contributed by atoms with E-state index in [-0.39, 0.29) is 17.6 Å². The van der Waals surface area contributed by atoms with Gasteiger partial charge in [0, 0.05) is 42.1 Å². The van der Waals surface area contributed by atoms with Crippen molar-refractivity contribution in [2.24, 2.45) is 21.9 Å². The Balaban J connectivity index is 1.80. The van der Waals surface area contributed by atoms with Crippen LogP contribution in [0.4, 0.5) is 11.5 Å². The van der Waals surface area contributed by atoms with Crippen molar-refractivity contribution in [3.63, 3.8) is 0 Å². The third-order valence-corrected chi connectivity index (χ3v) is 7.06. The zero-order chi connectivity index (χ0) is 22.9. The highest BCUT2D eigenvalue weighted by atomic mass is 35.5. The summed E-state index contributed by atoms with van der Waals surface area (Å²) < 4.78 is 24.4. The Hall–Kier alpha value is -2.60. The van der Waals surface area contributed by atoms with E-state index in [0.717, 1.165) is 11.3 Å². The number of nitrogens with zero attached hydrogens (tertiary/aromatic N) is 4. The molecule has 12 heteroatoms. The molecular formula is C20H24ClN7O3S. The largest absolute Gasteiger partial charge is 0.351 e. The van der Waals surface area contributed by atoms with Gasteiger partial charge < -0.3 is 4.90 Å². The number of hydrogen-bond donors (Lipinski definition) is 3. The summed E-state index contributed by atoms with van der Waals surface area (Å²) in [5.41, 5.74) is 4.45. The summed E-state index contributed by atoms with van der Waals surface area (Å²) in [5, 5.41) is 6.02. The van der Waals surface area contributed by atoms with Crippen molar-refractivity contribution in [1.29, 1.82) is 0 Å². The number of aromatic nitrogens is 2. The fourth-order valence-electron chi connectivity index (χ4n) is 4.51. The maximum Gasteiger partial charge on any atom is 0.237 e. The first kappa shape index (κ1) is 22.6. The molecule has 1 saturated heterocycles. The average molecular weight is 478 g/mol. The molecular weight excluding hydrogens is 454 g/mol. The van der Waals surface area contributed by atoms with Gasteiger partial charge in [-0.3, -0.25) is 15.2 Å². The van der Waals surface area contributed by atoms with Crippen LogP contribution in [0.15, 0.2) is 35.6 Å². The molecule has 32 heavy (non-hydrogen) atoms. The molecule has 1 aromatic carbocycles. The van der Waals surface area contributed by atoms with E-state index >= 15 is 0 Å². The van der Waals surface area contributed by atoms with Gasteiger partial charge in [0.1, 0.15) is 12.0 Å². The Morgan fingerprint density at radius 2 is 2.03 bits per heavy atom. The Morgan fingerprint density at radius 3 is 2.72 bits per heavy atom. The fourth-order valence-corrected chi connectivity index (χ4v) is 5.55. The Morgan fingerprint density at radius 1 is 1.28 bits per heavy atom. The lowest BCUT2D eigenvalue weighted by atomic mass is 9.81. The lowest BCUT2D eigenvalue weighted by Crippen LogP contribution is -2.51. The van der Waals surface area contributed by atoms with Crippen molar-refractivity contribution in [1.82, 2.24) is 15.4 Å². The number of rotatable bonds is 6.